The fourth-order valence-corrected chi connectivity index (χ4v) is 4.88. The summed E-state index contributed by atoms with van der Waals surface area (Å²) in [4.78, 5) is 2.88. The van der Waals surface area contributed by atoms with Crippen molar-refractivity contribution in [3.05, 3.63) is 69.1 Å². The Kier molecular flexibility index (Phi) is 4.02. The van der Waals surface area contributed by atoms with Crippen LogP contribution in [0.15, 0.2) is 41.5 Å². The van der Waals surface area contributed by atoms with E-state index >= 15 is 0 Å². The fourth-order valence-electron chi connectivity index (χ4n) is 4.88. The summed E-state index contributed by atoms with van der Waals surface area (Å²) in [6.07, 6.45) is 4.41. The minimum Gasteiger partial charge on any atom is -0.508 e. The maximum absolute atomic E-state index is 10.1. The van der Waals surface area contributed by atoms with E-state index in [-0.39, 0.29) is 18.0 Å². The quantitative estimate of drug-likeness (QED) is 0.462. The number of rotatable bonds is 3. The van der Waals surface area contributed by atoms with Crippen LogP contribution in [0, 0.1) is 5.92 Å². The molecule has 2 aromatic carbocycles. The van der Waals surface area contributed by atoms with Gasteiger partial charge in [0.05, 0.1) is 6.54 Å². The molecule has 0 amide bonds. The zero-order valence-corrected chi connectivity index (χ0v) is 14.0. The van der Waals surface area contributed by atoms with E-state index in [1.54, 1.807) is 18.2 Å². The number of phenolic OH excluding ortho intramolecular Hbond substituents is 2. The highest BCUT2D eigenvalue weighted by Crippen LogP contribution is 2.54. The Morgan fingerprint density at radius 2 is 1.84 bits per heavy atom. The second-order valence-corrected chi connectivity index (χ2v) is 7.17. The summed E-state index contributed by atoms with van der Waals surface area (Å²) in [6, 6.07) is 11.2. The Labute approximate surface area is 146 Å². The lowest BCUT2D eigenvalue weighted by Crippen LogP contribution is -2.26. The van der Waals surface area contributed by atoms with Gasteiger partial charge in [0.25, 0.3) is 0 Å². The molecule has 2 aliphatic carbocycles. The van der Waals surface area contributed by atoms with E-state index in [0.29, 0.717) is 17.8 Å². The van der Waals surface area contributed by atoms with Crippen molar-refractivity contribution in [2.24, 2.45) is 11.0 Å². The first-order valence-electron chi connectivity index (χ1n) is 8.82. The Morgan fingerprint density at radius 3 is 2.60 bits per heavy atom. The van der Waals surface area contributed by atoms with E-state index in [1.807, 2.05) is 18.2 Å². The molecule has 0 bridgehead atoms. The van der Waals surface area contributed by atoms with Crippen LogP contribution in [0.2, 0.25) is 0 Å². The molecular weight excluding hydrogens is 314 g/mol. The van der Waals surface area contributed by atoms with Crippen LogP contribution >= 0.6 is 0 Å². The molecule has 2 N–H and O–H groups in total. The molecule has 0 aromatic heterocycles. The molecule has 5 heteroatoms. The molecule has 1 fully saturated rings. The van der Waals surface area contributed by atoms with Gasteiger partial charge in [0.2, 0.25) is 0 Å². The lowest BCUT2D eigenvalue weighted by molar-refractivity contribution is 0.361. The third-order valence-electron chi connectivity index (χ3n) is 5.90. The number of hydrogen-bond donors (Lipinski definition) is 2. The average molecular weight is 335 g/mol. The van der Waals surface area contributed by atoms with Crippen molar-refractivity contribution >= 4 is 0 Å². The standard InChI is InChI=1S/C20H21N3O2/c21-23-22-11-13-8-15(25)9-20-17-3-1-2-16(17)18(10-19(13)20)12-4-6-14(24)7-5-12/h4-9,16-18,24-25H,1-3,10-11H2/t16-,17+,18-/m0/s1. The van der Waals surface area contributed by atoms with Crippen molar-refractivity contribution in [1.29, 1.82) is 0 Å². The summed E-state index contributed by atoms with van der Waals surface area (Å²) in [7, 11) is 0. The van der Waals surface area contributed by atoms with Gasteiger partial charge in [0.1, 0.15) is 11.5 Å². The van der Waals surface area contributed by atoms with Crippen LogP contribution in [0.1, 0.15) is 53.4 Å². The number of benzene rings is 2. The highest BCUT2D eigenvalue weighted by atomic mass is 16.3. The smallest absolute Gasteiger partial charge is 0.116 e. The lowest BCUT2D eigenvalue weighted by atomic mass is 9.67. The van der Waals surface area contributed by atoms with Crippen LogP contribution in [0.25, 0.3) is 10.4 Å². The first-order valence-corrected chi connectivity index (χ1v) is 8.82. The van der Waals surface area contributed by atoms with Crippen molar-refractivity contribution in [3.8, 4) is 11.5 Å². The van der Waals surface area contributed by atoms with Gasteiger partial charge in [0.15, 0.2) is 0 Å². The molecule has 2 aliphatic rings. The fraction of sp³-hybridized carbons (Fsp3) is 0.400. The molecule has 3 atom stereocenters. The molecule has 0 unspecified atom stereocenters. The number of hydrogen-bond acceptors (Lipinski definition) is 3. The van der Waals surface area contributed by atoms with Crippen LogP contribution in [-0.4, -0.2) is 10.2 Å². The highest BCUT2D eigenvalue weighted by molar-refractivity contribution is 5.48. The molecule has 4 rings (SSSR count). The van der Waals surface area contributed by atoms with Gasteiger partial charge in [-0.1, -0.05) is 23.7 Å². The average Bonchev–Trinajstić information content (AvgIpc) is 3.10. The Balaban J connectivity index is 1.80. The Bertz CT molecular complexity index is 841. The number of phenols is 2. The molecule has 2 aromatic rings. The van der Waals surface area contributed by atoms with Crippen LogP contribution < -0.4 is 0 Å². The van der Waals surface area contributed by atoms with E-state index in [4.69, 9.17) is 5.53 Å². The summed E-state index contributed by atoms with van der Waals surface area (Å²) in [5, 5.41) is 23.5. The van der Waals surface area contributed by atoms with Crippen LogP contribution in [-0.2, 0) is 13.0 Å². The molecule has 128 valence electrons. The third-order valence-corrected chi connectivity index (χ3v) is 5.90. The molecule has 1 saturated carbocycles. The topological polar surface area (TPSA) is 89.2 Å². The summed E-state index contributed by atoms with van der Waals surface area (Å²) in [6.45, 7) is 0.271. The zero-order chi connectivity index (χ0) is 17.4. The van der Waals surface area contributed by atoms with Crippen molar-refractivity contribution in [2.75, 3.05) is 0 Å². The predicted octanol–water partition coefficient (Wildman–Crippen LogP) is 5.13. The maximum Gasteiger partial charge on any atom is 0.116 e. The second-order valence-electron chi connectivity index (χ2n) is 7.17. The monoisotopic (exact) mass is 335 g/mol. The van der Waals surface area contributed by atoms with Gasteiger partial charge in [-0.3, -0.25) is 0 Å². The van der Waals surface area contributed by atoms with Crippen LogP contribution in [0.3, 0.4) is 0 Å². The molecule has 0 aliphatic heterocycles. The van der Waals surface area contributed by atoms with E-state index in [9.17, 15) is 10.2 Å². The summed E-state index contributed by atoms with van der Waals surface area (Å²) in [5.41, 5.74) is 13.3. The van der Waals surface area contributed by atoms with Gasteiger partial charge < -0.3 is 10.2 Å². The summed E-state index contributed by atoms with van der Waals surface area (Å²) in [5.74, 6) is 1.95. The maximum atomic E-state index is 10.1. The molecule has 0 saturated heterocycles. The SMILES string of the molecule is [N-]=[N+]=NCc1cc(O)cc2c1C[C@@H](c1ccc(O)cc1)[C@H]1CCC[C@@H]21. The molecule has 0 heterocycles. The Morgan fingerprint density at radius 1 is 1.04 bits per heavy atom. The highest BCUT2D eigenvalue weighted by Gasteiger charge is 2.41. The van der Waals surface area contributed by atoms with Crippen molar-refractivity contribution in [1.82, 2.24) is 0 Å². The molecule has 25 heavy (non-hydrogen) atoms. The predicted molar refractivity (Wildman–Crippen MR) is 95.6 cm³/mol. The van der Waals surface area contributed by atoms with E-state index in [1.165, 1.54) is 29.5 Å². The van der Waals surface area contributed by atoms with E-state index < -0.39 is 0 Å². The number of aromatic hydroxyl groups is 2. The lowest BCUT2D eigenvalue weighted by Gasteiger charge is -2.37. The van der Waals surface area contributed by atoms with Gasteiger partial charge in [-0.15, -0.1) is 0 Å². The first-order chi connectivity index (χ1) is 12.2. The van der Waals surface area contributed by atoms with Gasteiger partial charge in [-0.05, 0) is 89.1 Å². The minimum atomic E-state index is 0.260. The van der Waals surface area contributed by atoms with Crippen LogP contribution in [0.4, 0.5) is 0 Å². The zero-order valence-electron chi connectivity index (χ0n) is 14.0. The first kappa shape index (κ1) is 15.9. The number of fused-ring (bicyclic) bond motifs is 3. The summed E-state index contributed by atoms with van der Waals surface area (Å²) < 4.78 is 0. The largest absolute Gasteiger partial charge is 0.508 e. The molecule has 0 spiro atoms. The van der Waals surface area contributed by atoms with Crippen LogP contribution in [0.5, 0.6) is 11.5 Å². The molecular formula is C20H21N3O2. The van der Waals surface area contributed by atoms with E-state index in [0.717, 1.165) is 18.4 Å². The van der Waals surface area contributed by atoms with Gasteiger partial charge >= 0.3 is 0 Å². The minimum absolute atomic E-state index is 0.260. The van der Waals surface area contributed by atoms with Crippen molar-refractivity contribution < 1.29 is 10.2 Å². The molecule has 5 nitrogen and oxygen atoms in total. The van der Waals surface area contributed by atoms with E-state index in [2.05, 4.69) is 10.0 Å². The van der Waals surface area contributed by atoms with Crippen molar-refractivity contribution in [2.45, 2.75) is 44.1 Å². The second kappa shape index (κ2) is 6.34. The van der Waals surface area contributed by atoms with Gasteiger partial charge in [0, 0.05) is 4.91 Å². The summed E-state index contributed by atoms with van der Waals surface area (Å²) >= 11 is 0. The number of azide groups is 1. The molecule has 0 radical (unpaired) electrons. The normalized spacial score (nSPS) is 24.2. The third kappa shape index (κ3) is 2.81. The Hall–Kier alpha value is -2.65. The van der Waals surface area contributed by atoms with Crippen molar-refractivity contribution in [3.63, 3.8) is 0 Å². The van der Waals surface area contributed by atoms with Gasteiger partial charge in [-0.2, -0.15) is 0 Å². The number of nitrogens with zero attached hydrogens (tertiary/aromatic N) is 3. The van der Waals surface area contributed by atoms with Gasteiger partial charge in [-0.25, -0.2) is 0 Å².